The lowest BCUT2D eigenvalue weighted by Crippen LogP contribution is -2.27. The summed E-state index contributed by atoms with van der Waals surface area (Å²) >= 11 is 7.20. The Hall–Kier alpha value is -2.31. The number of thioether (sulfide) groups is 1. The molecule has 1 heterocycles. The van der Waals surface area contributed by atoms with Crippen LogP contribution >= 0.6 is 23.4 Å². The molecule has 26 heavy (non-hydrogen) atoms. The van der Waals surface area contributed by atoms with Gasteiger partial charge >= 0.3 is 0 Å². The number of hydrogen-bond acceptors (Lipinski definition) is 4. The fourth-order valence-electron chi connectivity index (χ4n) is 2.34. The van der Waals surface area contributed by atoms with E-state index in [1.807, 2.05) is 55.5 Å². The van der Waals surface area contributed by atoms with Gasteiger partial charge in [0.25, 0.3) is 0 Å². The van der Waals surface area contributed by atoms with E-state index in [0.717, 1.165) is 11.1 Å². The van der Waals surface area contributed by atoms with Gasteiger partial charge in [0.2, 0.25) is 11.1 Å². The third-order valence-electron chi connectivity index (χ3n) is 3.87. The Labute approximate surface area is 161 Å². The highest BCUT2D eigenvalue weighted by Gasteiger charge is 2.13. The van der Waals surface area contributed by atoms with Crippen LogP contribution in [0.2, 0.25) is 5.02 Å². The van der Waals surface area contributed by atoms with Crippen LogP contribution < -0.4 is 0 Å². The van der Waals surface area contributed by atoms with Crippen LogP contribution in [0.15, 0.2) is 53.7 Å². The molecule has 0 radical (unpaired) electrons. The molecule has 134 valence electrons. The SMILES string of the molecule is Cc1ccc(-c2nc(SCC(=O)N(C)Cc3ccc(Cl)cc3)n[nH]2)cc1. The van der Waals surface area contributed by atoms with Gasteiger partial charge in [-0.15, -0.1) is 5.10 Å². The first kappa shape index (κ1) is 18.5. The van der Waals surface area contributed by atoms with Gasteiger partial charge in [-0.2, -0.15) is 0 Å². The molecular weight excluding hydrogens is 368 g/mol. The minimum absolute atomic E-state index is 0.0200. The lowest BCUT2D eigenvalue weighted by Gasteiger charge is -2.16. The highest BCUT2D eigenvalue weighted by molar-refractivity contribution is 7.99. The van der Waals surface area contributed by atoms with Crippen molar-refractivity contribution >= 4 is 29.3 Å². The Kier molecular flexibility index (Phi) is 5.96. The molecule has 0 aliphatic carbocycles. The Morgan fingerprint density at radius 3 is 2.54 bits per heavy atom. The molecule has 0 aliphatic heterocycles. The fourth-order valence-corrected chi connectivity index (χ4v) is 3.20. The van der Waals surface area contributed by atoms with E-state index in [2.05, 4.69) is 15.2 Å². The minimum Gasteiger partial charge on any atom is -0.341 e. The molecule has 1 aromatic heterocycles. The number of benzene rings is 2. The van der Waals surface area contributed by atoms with Gasteiger partial charge in [0.1, 0.15) is 0 Å². The Balaban J connectivity index is 1.54. The predicted molar refractivity (Wildman–Crippen MR) is 105 cm³/mol. The highest BCUT2D eigenvalue weighted by Crippen LogP contribution is 2.20. The summed E-state index contributed by atoms with van der Waals surface area (Å²) in [6, 6.07) is 15.5. The normalized spacial score (nSPS) is 10.7. The summed E-state index contributed by atoms with van der Waals surface area (Å²) in [6.45, 7) is 2.58. The van der Waals surface area contributed by atoms with Crippen LogP contribution in [-0.2, 0) is 11.3 Å². The number of rotatable bonds is 6. The molecular formula is C19H19ClN4OS. The topological polar surface area (TPSA) is 61.9 Å². The third kappa shape index (κ3) is 4.86. The van der Waals surface area contributed by atoms with Crippen LogP contribution in [0.1, 0.15) is 11.1 Å². The van der Waals surface area contributed by atoms with Crippen LogP contribution in [0.5, 0.6) is 0 Å². The van der Waals surface area contributed by atoms with E-state index < -0.39 is 0 Å². The summed E-state index contributed by atoms with van der Waals surface area (Å²) < 4.78 is 0. The lowest BCUT2D eigenvalue weighted by atomic mass is 10.1. The number of carbonyl (C=O) groups excluding carboxylic acids is 1. The summed E-state index contributed by atoms with van der Waals surface area (Å²) in [5, 5.41) is 8.35. The van der Waals surface area contributed by atoms with Crippen LogP contribution in [0, 0.1) is 6.92 Å². The molecule has 0 atom stereocenters. The van der Waals surface area contributed by atoms with E-state index >= 15 is 0 Å². The third-order valence-corrected chi connectivity index (χ3v) is 4.96. The second-order valence-electron chi connectivity index (χ2n) is 6.00. The van der Waals surface area contributed by atoms with E-state index in [1.165, 1.54) is 17.3 Å². The number of carbonyl (C=O) groups is 1. The second-order valence-corrected chi connectivity index (χ2v) is 7.38. The molecule has 0 aliphatic rings. The van der Waals surface area contributed by atoms with E-state index in [0.29, 0.717) is 22.5 Å². The van der Waals surface area contributed by atoms with Gasteiger partial charge in [0.05, 0.1) is 5.75 Å². The largest absolute Gasteiger partial charge is 0.341 e. The minimum atomic E-state index is 0.0200. The molecule has 0 saturated heterocycles. The quantitative estimate of drug-likeness (QED) is 0.645. The number of aryl methyl sites for hydroxylation is 1. The first-order valence-electron chi connectivity index (χ1n) is 8.12. The van der Waals surface area contributed by atoms with Crippen molar-refractivity contribution in [1.82, 2.24) is 20.1 Å². The highest BCUT2D eigenvalue weighted by atomic mass is 35.5. The number of hydrogen-bond donors (Lipinski definition) is 1. The van der Waals surface area contributed by atoms with E-state index in [1.54, 1.807) is 11.9 Å². The molecule has 2 aromatic carbocycles. The molecule has 5 nitrogen and oxygen atoms in total. The van der Waals surface area contributed by atoms with Gasteiger partial charge in [-0.1, -0.05) is 65.3 Å². The molecule has 0 spiro atoms. The van der Waals surface area contributed by atoms with Crippen molar-refractivity contribution in [2.75, 3.05) is 12.8 Å². The summed E-state index contributed by atoms with van der Waals surface area (Å²) in [6.07, 6.45) is 0. The predicted octanol–water partition coefficient (Wildman–Crippen LogP) is 4.18. The number of nitrogens with zero attached hydrogens (tertiary/aromatic N) is 3. The monoisotopic (exact) mass is 386 g/mol. The van der Waals surface area contributed by atoms with Crippen LogP contribution in [0.25, 0.3) is 11.4 Å². The smallest absolute Gasteiger partial charge is 0.233 e. The summed E-state index contributed by atoms with van der Waals surface area (Å²) in [5.74, 6) is 1.01. The molecule has 1 amide bonds. The maximum atomic E-state index is 12.3. The average Bonchev–Trinajstić information content (AvgIpc) is 3.11. The first-order chi connectivity index (χ1) is 12.5. The van der Waals surface area contributed by atoms with Crippen molar-refractivity contribution in [3.8, 4) is 11.4 Å². The number of halogens is 1. The van der Waals surface area contributed by atoms with Gasteiger partial charge in [-0.05, 0) is 24.6 Å². The zero-order valence-electron chi connectivity index (χ0n) is 14.6. The summed E-state index contributed by atoms with van der Waals surface area (Å²) in [5.41, 5.74) is 3.20. The lowest BCUT2D eigenvalue weighted by molar-refractivity contribution is -0.127. The molecule has 0 bridgehead atoms. The van der Waals surface area contributed by atoms with Crippen LogP contribution in [0.4, 0.5) is 0 Å². The molecule has 3 rings (SSSR count). The van der Waals surface area contributed by atoms with Gasteiger partial charge < -0.3 is 4.90 Å². The zero-order chi connectivity index (χ0) is 18.5. The number of nitrogens with one attached hydrogen (secondary N) is 1. The van der Waals surface area contributed by atoms with Crippen molar-refractivity contribution in [1.29, 1.82) is 0 Å². The summed E-state index contributed by atoms with van der Waals surface area (Å²) in [7, 11) is 1.78. The molecule has 0 fully saturated rings. The van der Waals surface area contributed by atoms with Crippen LogP contribution in [-0.4, -0.2) is 38.8 Å². The molecule has 0 unspecified atom stereocenters. The maximum Gasteiger partial charge on any atom is 0.233 e. The molecule has 1 N–H and O–H groups in total. The maximum absolute atomic E-state index is 12.3. The number of amides is 1. The zero-order valence-corrected chi connectivity index (χ0v) is 16.1. The van der Waals surface area contributed by atoms with Crippen molar-refractivity contribution in [2.45, 2.75) is 18.6 Å². The Bertz CT molecular complexity index is 877. The van der Waals surface area contributed by atoms with Crippen molar-refractivity contribution in [3.05, 3.63) is 64.7 Å². The van der Waals surface area contributed by atoms with E-state index in [4.69, 9.17) is 11.6 Å². The van der Waals surface area contributed by atoms with Gasteiger partial charge in [-0.3, -0.25) is 9.89 Å². The number of aromatic amines is 1. The van der Waals surface area contributed by atoms with Gasteiger partial charge in [-0.25, -0.2) is 4.98 Å². The van der Waals surface area contributed by atoms with Gasteiger partial charge in [0, 0.05) is 24.2 Å². The van der Waals surface area contributed by atoms with Crippen molar-refractivity contribution < 1.29 is 4.79 Å². The first-order valence-corrected chi connectivity index (χ1v) is 9.48. The van der Waals surface area contributed by atoms with E-state index in [9.17, 15) is 4.79 Å². The fraction of sp³-hybridized carbons (Fsp3) is 0.211. The standard InChI is InChI=1S/C19H19ClN4OS/c1-13-3-7-15(8-4-13)18-21-19(23-22-18)26-12-17(25)24(2)11-14-5-9-16(20)10-6-14/h3-10H,11-12H2,1-2H3,(H,21,22,23). The Morgan fingerprint density at radius 2 is 1.85 bits per heavy atom. The average molecular weight is 387 g/mol. The van der Waals surface area contributed by atoms with E-state index in [-0.39, 0.29) is 11.7 Å². The molecule has 0 saturated carbocycles. The molecule has 7 heteroatoms. The van der Waals surface area contributed by atoms with Crippen molar-refractivity contribution in [2.24, 2.45) is 0 Å². The van der Waals surface area contributed by atoms with Crippen molar-refractivity contribution in [3.63, 3.8) is 0 Å². The molecule has 3 aromatic rings. The Morgan fingerprint density at radius 1 is 1.15 bits per heavy atom. The summed E-state index contributed by atoms with van der Waals surface area (Å²) in [4.78, 5) is 18.4. The van der Waals surface area contributed by atoms with Gasteiger partial charge in [0.15, 0.2) is 5.82 Å². The second kappa shape index (κ2) is 8.38. The number of aromatic nitrogens is 3. The van der Waals surface area contributed by atoms with Crippen LogP contribution in [0.3, 0.4) is 0 Å². The number of H-pyrrole nitrogens is 1.